The van der Waals surface area contributed by atoms with Crippen LogP contribution in [0.3, 0.4) is 0 Å². The molecular weight excluding hydrogens is 206 g/mol. The van der Waals surface area contributed by atoms with Crippen LogP contribution in [0, 0.1) is 11.8 Å². The summed E-state index contributed by atoms with van der Waals surface area (Å²) in [6.07, 6.45) is 0. The first kappa shape index (κ1) is 11.9. The van der Waals surface area contributed by atoms with E-state index in [0.717, 1.165) is 0 Å². The highest BCUT2D eigenvalue weighted by Crippen LogP contribution is 1.98. The average molecular weight is 217 g/mol. The van der Waals surface area contributed by atoms with Gasteiger partial charge in [0.05, 0.1) is 6.61 Å². The number of carbonyl (C=O) groups excluding carboxylic acids is 2. The van der Waals surface area contributed by atoms with Crippen LogP contribution in [0.15, 0.2) is 18.2 Å². The fraction of sp³-hybridized carbons (Fsp3) is 0.250. The van der Waals surface area contributed by atoms with Crippen LogP contribution in [0.2, 0.25) is 0 Å². The first-order chi connectivity index (χ1) is 7.63. The van der Waals surface area contributed by atoms with Crippen molar-refractivity contribution in [1.82, 2.24) is 4.98 Å². The number of nitrogens with zero attached hydrogens (tertiary/aromatic N) is 1. The molecule has 1 rings (SSSR count). The van der Waals surface area contributed by atoms with E-state index in [1.807, 2.05) is 0 Å². The number of hydrogen-bond donors (Lipinski definition) is 0. The lowest BCUT2D eigenvalue weighted by atomic mass is 10.2. The normalized spacial score (nSPS) is 8.88. The van der Waals surface area contributed by atoms with Crippen molar-refractivity contribution in [3.63, 3.8) is 0 Å². The number of ether oxygens (including phenoxy) is 1. The molecule has 0 radical (unpaired) electrons. The maximum Gasteiger partial charge on any atom is 0.384 e. The lowest BCUT2D eigenvalue weighted by molar-refractivity contribution is -0.136. The molecule has 82 valence electrons. The Kier molecular flexibility index (Phi) is 4.22. The van der Waals surface area contributed by atoms with E-state index in [-0.39, 0.29) is 12.4 Å². The zero-order chi connectivity index (χ0) is 12.0. The molecule has 4 heteroatoms. The van der Waals surface area contributed by atoms with Crippen molar-refractivity contribution in [1.29, 1.82) is 0 Å². The molecule has 1 aromatic heterocycles. The number of ketones is 1. The Hall–Kier alpha value is -2.15. The van der Waals surface area contributed by atoms with Crippen molar-refractivity contribution >= 4 is 11.8 Å². The quantitative estimate of drug-likeness (QED) is 0.424. The second-order valence-electron chi connectivity index (χ2n) is 2.93. The van der Waals surface area contributed by atoms with E-state index in [2.05, 4.69) is 21.6 Å². The Balaban J connectivity index is 2.85. The van der Waals surface area contributed by atoms with E-state index >= 15 is 0 Å². The van der Waals surface area contributed by atoms with Gasteiger partial charge in [-0.25, -0.2) is 9.78 Å². The van der Waals surface area contributed by atoms with Gasteiger partial charge in [0.2, 0.25) is 0 Å². The zero-order valence-corrected chi connectivity index (χ0v) is 9.11. The summed E-state index contributed by atoms with van der Waals surface area (Å²) in [6.45, 7) is 3.41. The van der Waals surface area contributed by atoms with E-state index in [0.29, 0.717) is 11.4 Å². The first-order valence-corrected chi connectivity index (χ1v) is 4.80. The van der Waals surface area contributed by atoms with Crippen LogP contribution in [0.25, 0.3) is 0 Å². The van der Waals surface area contributed by atoms with Crippen molar-refractivity contribution in [2.45, 2.75) is 13.8 Å². The van der Waals surface area contributed by atoms with Crippen LogP contribution in [0.5, 0.6) is 0 Å². The van der Waals surface area contributed by atoms with Gasteiger partial charge in [-0.05, 0) is 25.0 Å². The van der Waals surface area contributed by atoms with Crippen LogP contribution in [0.1, 0.15) is 30.0 Å². The van der Waals surface area contributed by atoms with Gasteiger partial charge < -0.3 is 4.74 Å². The summed E-state index contributed by atoms with van der Waals surface area (Å²) in [5.74, 6) is 4.08. The van der Waals surface area contributed by atoms with Crippen molar-refractivity contribution in [3.8, 4) is 11.8 Å². The summed E-state index contributed by atoms with van der Waals surface area (Å²) in [6, 6.07) is 4.88. The number of rotatable bonds is 2. The molecule has 0 unspecified atom stereocenters. The number of hydrogen-bond acceptors (Lipinski definition) is 4. The molecule has 0 spiro atoms. The van der Waals surface area contributed by atoms with Gasteiger partial charge in [0.15, 0.2) is 5.78 Å². The summed E-state index contributed by atoms with van der Waals surface area (Å²) in [5, 5.41) is 0. The van der Waals surface area contributed by atoms with E-state index in [4.69, 9.17) is 0 Å². The highest BCUT2D eigenvalue weighted by molar-refractivity contribution is 5.92. The third-order valence-corrected chi connectivity index (χ3v) is 1.68. The molecule has 0 aromatic carbocycles. The van der Waals surface area contributed by atoms with Crippen LogP contribution in [-0.4, -0.2) is 23.3 Å². The van der Waals surface area contributed by atoms with Crippen LogP contribution < -0.4 is 0 Å². The monoisotopic (exact) mass is 217 g/mol. The first-order valence-electron chi connectivity index (χ1n) is 4.80. The maximum absolute atomic E-state index is 11.0. The molecule has 16 heavy (non-hydrogen) atoms. The summed E-state index contributed by atoms with van der Waals surface area (Å²) in [5.41, 5.74) is 0.705. The van der Waals surface area contributed by atoms with Crippen LogP contribution in [0.4, 0.5) is 0 Å². The second-order valence-corrected chi connectivity index (χ2v) is 2.93. The molecule has 0 atom stereocenters. The van der Waals surface area contributed by atoms with Gasteiger partial charge in [0.25, 0.3) is 0 Å². The number of pyridine rings is 1. The highest BCUT2D eigenvalue weighted by Gasteiger charge is 2.00. The molecule has 0 N–H and O–H groups in total. The molecule has 0 saturated carbocycles. The summed E-state index contributed by atoms with van der Waals surface area (Å²) in [4.78, 5) is 26.0. The molecule has 4 nitrogen and oxygen atoms in total. The predicted octanol–water partition coefficient (Wildman–Crippen LogP) is 1.20. The number of Topliss-reactive ketones (excluding diaryl/α,β-unsaturated/α-hetero) is 1. The Morgan fingerprint density at radius 1 is 1.44 bits per heavy atom. The highest BCUT2D eigenvalue weighted by atomic mass is 16.5. The standard InChI is InChI=1S/C12H11NO3/c1-3-16-12(15)8-7-10-5-4-6-11(13-10)9(2)14/h4-6H,3H2,1-2H3. The van der Waals surface area contributed by atoms with E-state index in [1.165, 1.54) is 6.92 Å². The second kappa shape index (κ2) is 5.66. The molecule has 0 saturated heterocycles. The topological polar surface area (TPSA) is 56.3 Å². The minimum absolute atomic E-state index is 0.139. The van der Waals surface area contributed by atoms with E-state index < -0.39 is 5.97 Å². The Morgan fingerprint density at radius 3 is 2.81 bits per heavy atom. The van der Waals surface area contributed by atoms with Gasteiger partial charge >= 0.3 is 5.97 Å². The summed E-state index contributed by atoms with van der Waals surface area (Å²) < 4.78 is 4.63. The largest absolute Gasteiger partial charge is 0.456 e. The fourth-order valence-corrected chi connectivity index (χ4v) is 0.983. The fourth-order valence-electron chi connectivity index (χ4n) is 0.983. The summed E-state index contributed by atoms with van der Waals surface area (Å²) in [7, 11) is 0. The minimum atomic E-state index is -0.600. The van der Waals surface area contributed by atoms with Gasteiger partial charge in [0.1, 0.15) is 11.4 Å². The van der Waals surface area contributed by atoms with E-state index in [1.54, 1.807) is 25.1 Å². The third kappa shape index (κ3) is 3.54. The van der Waals surface area contributed by atoms with Crippen molar-refractivity contribution < 1.29 is 14.3 Å². The number of esters is 1. The van der Waals surface area contributed by atoms with Crippen LogP contribution in [-0.2, 0) is 9.53 Å². The van der Waals surface area contributed by atoms with Gasteiger partial charge in [-0.2, -0.15) is 0 Å². The van der Waals surface area contributed by atoms with E-state index in [9.17, 15) is 9.59 Å². The van der Waals surface area contributed by atoms with Crippen molar-refractivity contribution in [2.75, 3.05) is 6.61 Å². The van der Waals surface area contributed by atoms with Gasteiger partial charge in [-0.3, -0.25) is 4.79 Å². The predicted molar refractivity (Wildman–Crippen MR) is 57.8 cm³/mol. The van der Waals surface area contributed by atoms with Gasteiger partial charge in [-0.15, -0.1) is 0 Å². The lowest BCUT2D eigenvalue weighted by Gasteiger charge is -1.94. The van der Waals surface area contributed by atoms with Gasteiger partial charge in [-0.1, -0.05) is 6.07 Å². The summed E-state index contributed by atoms with van der Waals surface area (Å²) >= 11 is 0. The van der Waals surface area contributed by atoms with Crippen LogP contribution >= 0.6 is 0 Å². The molecule has 1 aromatic rings. The SMILES string of the molecule is CCOC(=O)C#Cc1cccc(C(C)=O)n1. The molecule has 0 aliphatic heterocycles. The Labute approximate surface area is 93.6 Å². The molecule has 0 fully saturated rings. The van der Waals surface area contributed by atoms with Gasteiger partial charge in [0, 0.05) is 12.8 Å². The molecule has 0 amide bonds. The smallest absolute Gasteiger partial charge is 0.384 e. The molecule has 0 aliphatic rings. The van der Waals surface area contributed by atoms with Crippen molar-refractivity contribution in [3.05, 3.63) is 29.6 Å². The third-order valence-electron chi connectivity index (χ3n) is 1.68. The molecule has 0 bridgehead atoms. The Bertz CT molecular complexity index is 469. The van der Waals surface area contributed by atoms with Crippen molar-refractivity contribution in [2.24, 2.45) is 0 Å². The number of carbonyl (C=O) groups is 2. The molecule has 0 aliphatic carbocycles. The Morgan fingerprint density at radius 2 is 2.19 bits per heavy atom. The average Bonchev–Trinajstić information content (AvgIpc) is 2.27. The molecular formula is C12H11NO3. The maximum atomic E-state index is 11.0. The number of aromatic nitrogens is 1. The molecule has 1 heterocycles. The minimum Gasteiger partial charge on any atom is -0.456 e. The lowest BCUT2D eigenvalue weighted by Crippen LogP contribution is -2.01. The zero-order valence-electron chi connectivity index (χ0n) is 9.11.